The van der Waals surface area contributed by atoms with Crippen LogP contribution in [0, 0.1) is 0 Å². The Morgan fingerprint density at radius 3 is 2.41 bits per heavy atom. The van der Waals surface area contributed by atoms with Gasteiger partial charge in [0.15, 0.2) is 0 Å². The molecule has 1 atom stereocenters. The van der Waals surface area contributed by atoms with Crippen LogP contribution in [0.15, 0.2) is 72.4 Å². The molecule has 1 amide bonds. The van der Waals surface area contributed by atoms with Gasteiger partial charge in [-0.2, -0.15) is 5.10 Å². The molecule has 32 heavy (non-hydrogen) atoms. The molecule has 0 N–H and O–H groups in total. The summed E-state index contributed by atoms with van der Waals surface area (Å²) in [5.74, 6) is -0.964. The van der Waals surface area contributed by atoms with Crippen LogP contribution < -0.4 is 4.90 Å². The number of esters is 1. The summed E-state index contributed by atoms with van der Waals surface area (Å²) in [5, 5.41) is 6.03. The number of amides is 1. The van der Waals surface area contributed by atoms with Crippen molar-refractivity contribution in [2.24, 2.45) is 5.10 Å². The van der Waals surface area contributed by atoms with Crippen LogP contribution >= 0.6 is 0 Å². The van der Waals surface area contributed by atoms with Gasteiger partial charge < -0.3 is 14.2 Å². The number of carbonyl (C=O) groups excluding carboxylic acids is 2. The maximum atomic E-state index is 12.9. The van der Waals surface area contributed by atoms with Gasteiger partial charge in [0.25, 0.3) is 5.91 Å². The van der Waals surface area contributed by atoms with Crippen molar-refractivity contribution in [1.29, 1.82) is 0 Å². The van der Waals surface area contributed by atoms with E-state index in [0.717, 1.165) is 28.2 Å². The van der Waals surface area contributed by atoms with E-state index in [-0.39, 0.29) is 18.4 Å². The summed E-state index contributed by atoms with van der Waals surface area (Å²) in [4.78, 5) is 30.7. The quantitative estimate of drug-likeness (QED) is 0.442. The molecule has 8 heteroatoms. The van der Waals surface area contributed by atoms with Gasteiger partial charge in [-0.3, -0.25) is 9.59 Å². The van der Waals surface area contributed by atoms with Crippen molar-refractivity contribution in [3.05, 3.63) is 78.4 Å². The summed E-state index contributed by atoms with van der Waals surface area (Å²) in [6.45, 7) is 0. The van der Waals surface area contributed by atoms with Crippen LogP contribution in [-0.4, -0.2) is 53.4 Å². The van der Waals surface area contributed by atoms with Gasteiger partial charge in [-0.15, -0.1) is 0 Å². The molecule has 2 heterocycles. The van der Waals surface area contributed by atoms with Crippen LogP contribution in [0.1, 0.15) is 30.0 Å². The zero-order valence-electron chi connectivity index (χ0n) is 18.3. The number of rotatable bonds is 6. The van der Waals surface area contributed by atoms with Gasteiger partial charge in [-0.05, 0) is 35.4 Å². The molecular weight excluding hydrogens is 406 g/mol. The molecule has 0 saturated carbocycles. The van der Waals surface area contributed by atoms with Gasteiger partial charge in [0.05, 0.1) is 25.2 Å². The van der Waals surface area contributed by atoms with Crippen LogP contribution in [0.25, 0.3) is 5.69 Å². The molecule has 1 unspecified atom stereocenters. The SMILES string of the molecule is COC(=O)CC(=O)N1N=C(c2ccc(-n3ccnc3)cc2)CC1c1ccc(N(C)C)cc1. The fourth-order valence-electron chi connectivity index (χ4n) is 3.68. The second-order valence-corrected chi connectivity index (χ2v) is 7.76. The molecule has 3 aromatic rings. The number of hydrogen-bond donors (Lipinski definition) is 0. The highest BCUT2D eigenvalue weighted by molar-refractivity contribution is 6.04. The molecule has 0 spiro atoms. The first-order valence-corrected chi connectivity index (χ1v) is 10.3. The van der Waals surface area contributed by atoms with E-state index in [4.69, 9.17) is 0 Å². The number of hydrogen-bond acceptors (Lipinski definition) is 6. The first kappa shape index (κ1) is 21.3. The van der Waals surface area contributed by atoms with E-state index < -0.39 is 5.97 Å². The van der Waals surface area contributed by atoms with Crippen molar-refractivity contribution in [3.8, 4) is 5.69 Å². The molecule has 2 aromatic carbocycles. The Morgan fingerprint density at radius 1 is 1.09 bits per heavy atom. The van der Waals surface area contributed by atoms with Gasteiger partial charge in [0, 0.05) is 44.3 Å². The molecule has 0 saturated heterocycles. The Balaban J connectivity index is 1.62. The minimum Gasteiger partial charge on any atom is -0.469 e. The van der Waals surface area contributed by atoms with Gasteiger partial charge in [0.1, 0.15) is 6.42 Å². The first-order valence-electron chi connectivity index (χ1n) is 10.3. The third-order valence-electron chi connectivity index (χ3n) is 5.49. The van der Waals surface area contributed by atoms with E-state index in [1.165, 1.54) is 12.1 Å². The maximum Gasteiger partial charge on any atom is 0.315 e. The maximum absolute atomic E-state index is 12.9. The smallest absolute Gasteiger partial charge is 0.315 e. The molecular formula is C24H25N5O3. The topological polar surface area (TPSA) is 80.0 Å². The average Bonchev–Trinajstić information content (AvgIpc) is 3.50. The number of imidazole rings is 1. The van der Waals surface area contributed by atoms with Crippen molar-refractivity contribution in [2.45, 2.75) is 18.9 Å². The number of benzene rings is 2. The normalized spacial score (nSPS) is 15.4. The summed E-state index contributed by atoms with van der Waals surface area (Å²) >= 11 is 0. The third kappa shape index (κ3) is 4.39. The van der Waals surface area contributed by atoms with E-state index in [2.05, 4.69) is 14.8 Å². The van der Waals surface area contributed by atoms with Gasteiger partial charge in [0.2, 0.25) is 0 Å². The van der Waals surface area contributed by atoms with Crippen LogP contribution in [0.2, 0.25) is 0 Å². The molecule has 1 aromatic heterocycles. The number of methoxy groups -OCH3 is 1. The largest absolute Gasteiger partial charge is 0.469 e. The van der Waals surface area contributed by atoms with E-state index in [1.54, 1.807) is 12.5 Å². The fraction of sp³-hybridized carbons (Fsp3) is 0.250. The lowest BCUT2D eigenvalue weighted by Crippen LogP contribution is -2.29. The third-order valence-corrected chi connectivity index (χ3v) is 5.49. The van der Waals surface area contributed by atoms with Crippen molar-refractivity contribution < 1.29 is 14.3 Å². The number of aromatic nitrogens is 2. The zero-order valence-corrected chi connectivity index (χ0v) is 18.3. The fourth-order valence-corrected chi connectivity index (χ4v) is 3.68. The highest BCUT2D eigenvalue weighted by Gasteiger charge is 2.34. The summed E-state index contributed by atoms with van der Waals surface area (Å²) in [6.07, 6.45) is 5.55. The molecule has 0 aliphatic carbocycles. The predicted octanol–water partition coefficient (Wildman–Crippen LogP) is 3.18. The standard InChI is InChI=1S/C24H25N5O3/c1-27(2)19-8-6-18(7-9-19)22-14-21(26-29(22)23(30)15-24(31)32-3)17-4-10-20(11-5-17)28-13-12-25-16-28/h4-13,16,22H,14-15H2,1-3H3. The Labute approximate surface area is 186 Å². The Hall–Kier alpha value is -3.94. The molecule has 0 fully saturated rings. The lowest BCUT2D eigenvalue weighted by atomic mass is 9.98. The summed E-state index contributed by atoms with van der Waals surface area (Å²) < 4.78 is 6.59. The minimum atomic E-state index is -0.579. The van der Waals surface area contributed by atoms with E-state index >= 15 is 0 Å². The van der Waals surface area contributed by atoms with Crippen molar-refractivity contribution in [2.75, 3.05) is 26.1 Å². The summed E-state index contributed by atoms with van der Waals surface area (Å²) in [7, 11) is 5.23. The van der Waals surface area contributed by atoms with Gasteiger partial charge in [-0.1, -0.05) is 24.3 Å². The van der Waals surface area contributed by atoms with Gasteiger partial charge in [-0.25, -0.2) is 9.99 Å². The molecule has 0 bridgehead atoms. The monoisotopic (exact) mass is 431 g/mol. The molecule has 4 rings (SSSR count). The van der Waals surface area contributed by atoms with Gasteiger partial charge >= 0.3 is 5.97 Å². The molecule has 1 aliphatic rings. The average molecular weight is 431 g/mol. The summed E-state index contributed by atoms with van der Waals surface area (Å²) in [6, 6.07) is 15.7. The molecule has 1 aliphatic heterocycles. The number of anilines is 1. The van der Waals surface area contributed by atoms with Crippen molar-refractivity contribution in [3.63, 3.8) is 0 Å². The van der Waals surface area contributed by atoms with Crippen molar-refractivity contribution >= 4 is 23.3 Å². The highest BCUT2D eigenvalue weighted by atomic mass is 16.5. The Kier molecular flexibility index (Phi) is 6.02. The number of hydrazone groups is 1. The lowest BCUT2D eigenvalue weighted by molar-refractivity contribution is -0.147. The second-order valence-electron chi connectivity index (χ2n) is 7.76. The summed E-state index contributed by atoms with van der Waals surface area (Å²) in [5.41, 5.74) is 4.73. The van der Waals surface area contributed by atoms with E-state index in [9.17, 15) is 9.59 Å². The highest BCUT2D eigenvalue weighted by Crippen LogP contribution is 2.34. The van der Waals surface area contributed by atoms with Crippen molar-refractivity contribution in [1.82, 2.24) is 14.6 Å². The molecule has 8 nitrogen and oxygen atoms in total. The van der Waals surface area contributed by atoms with Crippen LogP contribution in [-0.2, 0) is 14.3 Å². The number of ether oxygens (including phenoxy) is 1. The first-order chi connectivity index (χ1) is 15.5. The number of nitrogens with zero attached hydrogens (tertiary/aromatic N) is 5. The van der Waals surface area contributed by atoms with Crippen LogP contribution in [0.3, 0.4) is 0 Å². The van der Waals surface area contributed by atoms with E-state index in [0.29, 0.717) is 6.42 Å². The number of carbonyl (C=O) groups is 2. The molecule has 0 radical (unpaired) electrons. The zero-order chi connectivity index (χ0) is 22.7. The Bertz CT molecular complexity index is 1120. The minimum absolute atomic E-state index is 0.285. The molecule has 164 valence electrons. The predicted molar refractivity (Wildman–Crippen MR) is 122 cm³/mol. The lowest BCUT2D eigenvalue weighted by Gasteiger charge is -2.22. The Morgan fingerprint density at radius 2 is 1.81 bits per heavy atom. The van der Waals surface area contributed by atoms with Crippen LogP contribution in [0.4, 0.5) is 5.69 Å². The second kappa shape index (κ2) is 9.05. The van der Waals surface area contributed by atoms with E-state index in [1.807, 2.05) is 78.3 Å². The van der Waals surface area contributed by atoms with Crippen LogP contribution in [0.5, 0.6) is 0 Å².